The Hall–Kier alpha value is -2.94. The fourth-order valence-corrected chi connectivity index (χ4v) is 2.10. The van der Waals surface area contributed by atoms with Crippen molar-refractivity contribution in [2.75, 3.05) is 6.61 Å². The standard InChI is InChI=1S/C14H13N5O3S/c15-12(9-22-11-4-2-1-3-5-11)18-14(16)23-13-7-6-10(8-17-13)19(20)21/h1-8H,9H2,(H3,15,16,18). The molecule has 1 aromatic heterocycles. The predicted molar refractivity (Wildman–Crippen MR) is 88.0 cm³/mol. The van der Waals surface area contributed by atoms with E-state index in [9.17, 15) is 10.1 Å². The molecule has 0 amide bonds. The zero-order valence-corrected chi connectivity index (χ0v) is 12.7. The van der Waals surface area contributed by atoms with Gasteiger partial charge in [-0.3, -0.25) is 15.5 Å². The lowest BCUT2D eigenvalue weighted by atomic mass is 10.3. The third-order valence-electron chi connectivity index (χ3n) is 2.51. The van der Waals surface area contributed by atoms with E-state index in [1.165, 1.54) is 12.1 Å². The number of amidine groups is 2. The third kappa shape index (κ3) is 5.40. The maximum atomic E-state index is 10.5. The van der Waals surface area contributed by atoms with Crippen molar-refractivity contribution in [1.29, 1.82) is 5.41 Å². The Morgan fingerprint density at radius 1 is 1.35 bits per heavy atom. The van der Waals surface area contributed by atoms with Gasteiger partial charge in [0.25, 0.3) is 5.69 Å². The zero-order valence-electron chi connectivity index (χ0n) is 11.9. The summed E-state index contributed by atoms with van der Waals surface area (Å²) in [5.41, 5.74) is 5.59. The van der Waals surface area contributed by atoms with E-state index in [-0.39, 0.29) is 23.3 Å². The smallest absolute Gasteiger partial charge is 0.287 e. The number of benzene rings is 1. The minimum Gasteiger partial charge on any atom is -0.486 e. The van der Waals surface area contributed by atoms with E-state index in [2.05, 4.69) is 9.98 Å². The number of rotatable bonds is 5. The van der Waals surface area contributed by atoms with E-state index >= 15 is 0 Å². The molecule has 0 radical (unpaired) electrons. The Kier molecular flexibility index (Phi) is 5.64. The number of nitrogens with two attached hydrogens (primary N) is 1. The normalized spacial score (nSPS) is 11.0. The summed E-state index contributed by atoms with van der Waals surface area (Å²) in [5.74, 6) is 0.801. The van der Waals surface area contributed by atoms with Crippen molar-refractivity contribution in [2.24, 2.45) is 10.7 Å². The molecule has 0 saturated carbocycles. The van der Waals surface area contributed by atoms with Gasteiger partial charge in [0.05, 0.1) is 4.92 Å². The lowest BCUT2D eigenvalue weighted by molar-refractivity contribution is -0.385. The number of pyridine rings is 1. The number of para-hydroxylation sites is 1. The van der Waals surface area contributed by atoms with Crippen molar-refractivity contribution >= 4 is 28.5 Å². The maximum Gasteiger partial charge on any atom is 0.287 e. The fraction of sp³-hybridized carbons (Fsp3) is 0.0714. The van der Waals surface area contributed by atoms with E-state index in [1.807, 2.05) is 18.2 Å². The Morgan fingerprint density at radius 2 is 2.09 bits per heavy atom. The number of ether oxygens (including phenoxy) is 1. The van der Waals surface area contributed by atoms with E-state index < -0.39 is 4.92 Å². The number of hydrogen-bond acceptors (Lipinski definition) is 6. The topological polar surface area (TPSA) is 127 Å². The van der Waals surface area contributed by atoms with Crippen LogP contribution in [0.15, 0.2) is 58.7 Å². The van der Waals surface area contributed by atoms with Gasteiger partial charge in [-0.25, -0.2) is 9.98 Å². The summed E-state index contributed by atoms with van der Waals surface area (Å²) in [6, 6.07) is 11.9. The van der Waals surface area contributed by atoms with E-state index in [0.29, 0.717) is 10.8 Å². The Labute approximate surface area is 136 Å². The molecule has 23 heavy (non-hydrogen) atoms. The molecule has 0 spiro atoms. The molecule has 0 aliphatic rings. The Bertz CT molecular complexity index is 719. The van der Waals surface area contributed by atoms with Gasteiger partial charge >= 0.3 is 0 Å². The van der Waals surface area contributed by atoms with Gasteiger partial charge in [-0.1, -0.05) is 18.2 Å². The molecule has 1 heterocycles. The number of thioether (sulfide) groups is 1. The van der Waals surface area contributed by atoms with Crippen LogP contribution in [0.5, 0.6) is 5.75 Å². The van der Waals surface area contributed by atoms with Crippen LogP contribution in [-0.4, -0.2) is 27.5 Å². The van der Waals surface area contributed by atoms with E-state index in [0.717, 1.165) is 18.0 Å². The molecule has 118 valence electrons. The first kappa shape index (κ1) is 16.4. The number of aliphatic imine (C=N–C) groups is 1. The minimum atomic E-state index is -0.538. The molecule has 9 heteroatoms. The lowest BCUT2D eigenvalue weighted by Gasteiger charge is -2.05. The second-order valence-electron chi connectivity index (χ2n) is 4.22. The van der Waals surface area contributed by atoms with Crippen LogP contribution >= 0.6 is 11.8 Å². The molecule has 0 bridgehead atoms. The van der Waals surface area contributed by atoms with Crippen LogP contribution in [0.2, 0.25) is 0 Å². The molecule has 0 fully saturated rings. The molecule has 0 aliphatic carbocycles. The molecule has 0 unspecified atom stereocenters. The number of hydrogen-bond donors (Lipinski definition) is 2. The average Bonchev–Trinajstić information content (AvgIpc) is 2.54. The first-order chi connectivity index (χ1) is 11.0. The molecular weight excluding hydrogens is 318 g/mol. The number of nitro groups is 1. The second-order valence-corrected chi connectivity index (χ2v) is 5.23. The van der Waals surface area contributed by atoms with E-state index in [4.69, 9.17) is 15.9 Å². The molecule has 3 N–H and O–H groups in total. The summed E-state index contributed by atoms with van der Waals surface area (Å²) >= 11 is 0.941. The molecule has 0 atom stereocenters. The molecule has 0 saturated heterocycles. The van der Waals surface area contributed by atoms with Crippen molar-refractivity contribution < 1.29 is 9.66 Å². The molecule has 2 rings (SSSR count). The van der Waals surface area contributed by atoms with Crippen LogP contribution in [0.4, 0.5) is 5.69 Å². The maximum absolute atomic E-state index is 10.5. The number of aromatic nitrogens is 1. The number of nitrogens with one attached hydrogen (secondary N) is 1. The molecule has 0 aliphatic heterocycles. The van der Waals surface area contributed by atoms with Gasteiger partial charge in [0.15, 0.2) is 5.17 Å². The van der Waals surface area contributed by atoms with Crippen LogP contribution in [-0.2, 0) is 0 Å². The monoisotopic (exact) mass is 331 g/mol. The summed E-state index contributed by atoms with van der Waals surface area (Å²) in [6.45, 7) is 0.0562. The highest BCUT2D eigenvalue weighted by Gasteiger charge is 2.07. The van der Waals surface area contributed by atoms with Gasteiger partial charge in [-0.05, 0) is 30.0 Å². The van der Waals surface area contributed by atoms with Crippen LogP contribution in [0.25, 0.3) is 0 Å². The van der Waals surface area contributed by atoms with Gasteiger partial charge < -0.3 is 10.5 Å². The van der Waals surface area contributed by atoms with Gasteiger partial charge in [0.2, 0.25) is 0 Å². The number of nitrogens with zero attached hydrogens (tertiary/aromatic N) is 3. The molecule has 1 aromatic carbocycles. The summed E-state index contributed by atoms with van der Waals surface area (Å²) < 4.78 is 5.41. The zero-order chi connectivity index (χ0) is 16.7. The summed E-state index contributed by atoms with van der Waals surface area (Å²) in [6.07, 6.45) is 1.13. The quantitative estimate of drug-likeness (QED) is 0.285. The van der Waals surface area contributed by atoms with Crippen LogP contribution < -0.4 is 10.5 Å². The van der Waals surface area contributed by atoms with Gasteiger partial charge in [-0.15, -0.1) is 0 Å². The van der Waals surface area contributed by atoms with Gasteiger partial charge in [0, 0.05) is 6.07 Å². The SMILES string of the molecule is N=C(/N=C(\N)COc1ccccc1)Sc1ccc([N+](=O)[O-])cn1. The van der Waals surface area contributed by atoms with Crippen molar-refractivity contribution in [3.63, 3.8) is 0 Å². The van der Waals surface area contributed by atoms with Gasteiger partial charge in [0.1, 0.15) is 29.4 Å². The molecular formula is C14H13N5O3S. The first-order valence-corrected chi connectivity index (χ1v) is 7.24. The largest absolute Gasteiger partial charge is 0.486 e. The second kappa shape index (κ2) is 7.90. The van der Waals surface area contributed by atoms with E-state index in [1.54, 1.807) is 12.1 Å². The Morgan fingerprint density at radius 3 is 2.70 bits per heavy atom. The minimum absolute atomic E-state index is 0.0562. The molecule has 8 nitrogen and oxygen atoms in total. The lowest BCUT2D eigenvalue weighted by Crippen LogP contribution is -2.22. The van der Waals surface area contributed by atoms with Crippen molar-refractivity contribution in [3.05, 3.63) is 58.8 Å². The Balaban J connectivity index is 1.88. The highest BCUT2D eigenvalue weighted by molar-refractivity contribution is 8.13. The van der Waals surface area contributed by atoms with Crippen molar-refractivity contribution in [3.8, 4) is 5.75 Å². The molecule has 2 aromatic rings. The summed E-state index contributed by atoms with van der Waals surface area (Å²) in [7, 11) is 0. The van der Waals surface area contributed by atoms with Crippen LogP contribution in [0.3, 0.4) is 0 Å². The highest BCUT2D eigenvalue weighted by Crippen LogP contribution is 2.19. The predicted octanol–water partition coefficient (Wildman–Crippen LogP) is 2.45. The first-order valence-electron chi connectivity index (χ1n) is 6.42. The van der Waals surface area contributed by atoms with Crippen molar-refractivity contribution in [2.45, 2.75) is 5.03 Å². The van der Waals surface area contributed by atoms with Crippen LogP contribution in [0, 0.1) is 15.5 Å². The summed E-state index contributed by atoms with van der Waals surface area (Å²) in [5, 5.41) is 18.6. The van der Waals surface area contributed by atoms with Crippen LogP contribution in [0.1, 0.15) is 0 Å². The summed E-state index contributed by atoms with van der Waals surface area (Å²) in [4.78, 5) is 17.8. The highest BCUT2D eigenvalue weighted by atomic mass is 32.2. The van der Waals surface area contributed by atoms with Crippen molar-refractivity contribution in [1.82, 2.24) is 4.98 Å². The third-order valence-corrected chi connectivity index (χ3v) is 3.24. The average molecular weight is 331 g/mol. The van der Waals surface area contributed by atoms with Gasteiger partial charge in [-0.2, -0.15) is 0 Å². The fourth-order valence-electron chi connectivity index (χ4n) is 1.50.